The molecular formula is C16H16BrN3O3. The van der Waals surface area contributed by atoms with E-state index in [1.165, 1.54) is 0 Å². The van der Waals surface area contributed by atoms with Gasteiger partial charge < -0.3 is 14.4 Å². The number of aromatic nitrogens is 2. The highest BCUT2D eigenvalue weighted by Crippen LogP contribution is 2.18. The number of rotatable bonds is 5. The van der Waals surface area contributed by atoms with E-state index in [1.54, 1.807) is 41.7 Å². The number of amides is 1. The van der Waals surface area contributed by atoms with E-state index in [0.29, 0.717) is 24.7 Å². The average molecular weight is 378 g/mol. The molecule has 0 spiro atoms. The van der Waals surface area contributed by atoms with Crippen molar-refractivity contribution in [3.63, 3.8) is 0 Å². The van der Waals surface area contributed by atoms with Crippen LogP contribution < -0.4 is 9.47 Å². The first kappa shape index (κ1) is 15.7. The molecule has 3 rings (SSSR count). The number of likely N-dealkylation sites (tertiary alicyclic amines) is 1. The summed E-state index contributed by atoms with van der Waals surface area (Å²) in [6, 6.07) is 7.22. The highest BCUT2D eigenvalue weighted by atomic mass is 79.9. The van der Waals surface area contributed by atoms with Crippen molar-refractivity contribution in [2.45, 2.75) is 12.5 Å². The number of carbonyl (C=O) groups is 1. The molecule has 0 aromatic carbocycles. The van der Waals surface area contributed by atoms with Crippen LogP contribution in [0.2, 0.25) is 0 Å². The van der Waals surface area contributed by atoms with E-state index in [9.17, 15) is 4.79 Å². The van der Waals surface area contributed by atoms with Crippen molar-refractivity contribution in [1.82, 2.24) is 14.9 Å². The summed E-state index contributed by atoms with van der Waals surface area (Å²) in [5.74, 6) is 1.11. The van der Waals surface area contributed by atoms with Gasteiger partial charge in [0.05, 0.1) is 12.7 Å². The maximum atomic E-state index is 12.2. The molecule has 3 heterocycles. The lowest BCUT2D eigenvalue weighted by Gasteiger charge is -2.17. The second kappa shape index (κ2) is 7.41. The Balaban J connectivity index is 1.47. The van der Waals surface area contributed by atoms with E-state index in [2.05, 4.69) is 25.9 Å². The third kappa shape index (κ3) is 4.41. The van der Waals surface area contributed by atoms with Gasteiger partial charge in [-0.1, -0.05) is 0 Å². The van der Waals surface area contributed by atoms with Crippen molar-refractivity contribution in [3.8, 4) is 11.6 Å². The first-order valence-corrected chi connectivity index (χ1v) is 8.09. The normalized spacial score (nSPS) is 17.1. The second-order valence-corrected chi connectivity index (χ2v) is 6.08. The van der Waals surface area contributed by atoms with Crippen LogP contribution >= 0.6 is 15.9 Å². The van der Waals surface area contributed by atoms with Crippen molar-refractivity contribution in [3.05, 3.63) is 47.3 Å². The molecule has 1 aliphatic rings. The highest BCUT2D eigenvalue weighted by Gasteiger charge is 2.28. The maximum Gasteiger partial charge on any atom is 0.260 e. The van der Waals surface area contributed by atoms with Crippen molar-refractivity contribution >= 4 is 21.8 Å². The first-order chi connectivity index (χ1) is 11.2. The van der Waals surface area contributed by atoms with Gasteiger partial charge in [0, 0.05) is 35.9 Å². The van der Waals surface area contributed by atoms with Gasteiger partial charge in [-0.05, 0) is 34.1 Å². The molecule has 1 fully saturated rings. The molecule has 1 atom stereocenters. The summed E-state index contributed by atoms with van der Waals surface area (Å²) < 4.78 is 12.1. The van der Waals surface area contributed by atoms with E-state index < -0.39 is 0 Å². The number of hydrogen-bond donors (Lipinski definition) is 0. The summed E-state index contributed by atoms with van der Waals surface area (Å²) in [4.78, 5) is 22.0. The van der Waals surface area contributed by atoms with Crippen LogP contribution in [0.5, 0.6) is 11.6 Å². The van der Waals surface area contributed by atoms with E-state index in [-0.39, 0.29) is 18.6 Å². The molecule has 0 bridgehead atoms. The zero-order chi connectivity index (χ0) is 16.1. The molecular weight excluding hydrogens is 362 g/mol. The lowest BCUT2D eigenvalue weighted by atomic mass is 10.3. The molecule has 0 saturated carbocycles. The number of pyridine rings is 2. The van der Waals surface area contributed by atoms with E-state index >= 15 is 0 Å². The molecule has 0 aliphatic carbocycles. The predicted molar refractivity (Wildman–Crippen MR) is 87.3 cm³/mol. The number of carbonyl (C=O) groups excluding carboxylic acids is 1. The zero-order valence-corrected chi connectivity index (χ0v) is 14.0. The molecule has 0 radical (unpaired) electrons. The molecule has 120 valence electrons. The minimum absolute atomic E-state index is 0.00888. The molecule has 2 aromatic heterocycles. The smallest absolute Gasteiger partial charge is 0.260 e. The summed E-state index contributed by atoms with van der Waals surface area (Å²) in [5, 5.41) is 0. The molecule has 1 aliphatic heterocycles. The third-order valence-electron chi connectivity index (χ3n) is 3.48. The average Bonchev–Trinajstić information content (AvgIpc) is 3.04. The highest BCUT2D eigenvalue weighted by molar-refractivity contribution is 9.10. The Morgan fingerprint density at radius 2 is 2.26 bits per heavy atom. The Labute approximate surface area is 142 Å². The lowest BCUT2D eigenvalue weighted by molar-refractivity contribution is -0.132. The fourth-order valence-corrected chi connectivity index (χ4v) is 2.56. The van der Waals surface area contributed by atoms with Crippen molar-refractivity contribution in [2.24, 2.45) is 0 Å². The topological polar surface area (TPSA) is 64.5 Å². The van der Waals surface area contributed by atoms with Crippen LogP contribution in [0, 0.1) is 0 Å². The lowest BCUT2D eigenvalue weighted by Crippen LogP contribution is -2.34. The van der Waals surface area contributed by atoms with Crippen LogP contribution in [-0.4, -0.2) is 46.6 Å². The van der Waals surface area contributed by atoms with Gasteiger partial charge in [-0.2, -0.15) is 0 Å². The standard InChI is InChI=1S/C16H16BrN3O3/c17-12-3-4-15(19-8-12)23-14-5-7-20(10-14)16(21)11-22-13-2-1-6-18-9-13/h1-4,6,8-9,14H,5,7,10-11H2. The van der Waals surface area contributed by atoms with Crippen molar-refractivity contribution in [1.29, 1.82) is 0 Å². The van der Waals surface area contributed by atoms with Crippen LogP contribution in [0.3, 0.4) is 0 Å². The molecule has 0 N–H and O–H groups in total. The summed E-state index contributed by atoms with van der Waals surface area (Å²) in [6.07, 6.45) is 5.69. The van der Waals surface area contributed by atoms with Gasteiger partial charge in [0.1, 0.15) is 11.9 Å². The fourth-order valence-electron chi connectivity index (χ4n) is 2.32. The largest absolute Gasteiger partial charge is 0.482 e. The SMILES string of the molecule is O=C(COc1cccnc1)N1CCC(Oc2ccc(Br)cn2)C1. The Morgan fingerprint density at radius 3 is 3.00 bits per heavy atom. The van der Waals surface area contributed by atoms with E-state index in [0.717, 1.165) is 10.9 Å². The van der Waals surface area contributed by atoms with Gasteiger partial charge in [-0.3, -0.25) is 9.78 Å². The Morgan fingerprint density at radius 1 is 1.35 bits per heavy atom. The van der Waals surface area contributed by atoms with Crippen LogP contribution in [0.25, 0.3) is 0 Å². The molecule has 7 heteroatoms. The van der Waals surface area contributed by atoms with Gasteiger partial charge in [0.2, 0.25) is 5.88 Å². The summed E-state index contributed by atoms with van der Waals surface area (Å²) in [6.45, 7) is 1.22. The Kier molecular flexibility index (Phi) is 5.07. The molecule has 6 nitrogen and oxygen atoms in total. The predicted octanol–water partition coefficient (Wildman–Crippen LogP) is 2.30. The van der Waals surface area contributed by atoms with Gasteiger partial charge in [0.25, 0.3) is 5.91 Å². The summed E-state index contributed by atoms with van der Waals surface area (Å²) in [7, 11) is 0. The monoisotopic (exact) mass is 377 g/mol. The number of ether oxygens (including phenoxy) is 2. The van der Waals surface area contributed by atoms with Crippen LogP contribution in [0.15, 0.2) is 47.3 Å². The Bertz CT molecular complexity index is 651. The van der Waals surface area contributed by atoms with Crippen LogP contribution in [-0.2, 0) is 4.79 Å². The third-order valence-corrected chi connectivity index (χ3v) is 3.95. The first-order valence-electron chi connectivity index (χ1n) is 7.29. The number of nitrogens with zero attached hydrogens (tertiary/aromatic N) is 3. The minimum Gasteiger partial charge on any atom is -0.482 e. The molecule has 1 unspecified atom stereocenters. The minimum atomic E-state index is -0.0521. The fraction of sp³-hybridized carbons (Fsp3) is 0.312. The molecule has 1 saturated heterocycles. The summed E-state index contributed by atoms with van der Waals surface area (Å²) in [5.41, 5.74) is 0. The van der Waals surface area contributed by atoms with Gasteiger partial charge in [-0.15, -0.1) is 0 Å². The van der Waals surface area contributed by atoms with Crippen molar-refractivity contribution < 1.29 is 14.3 Å². The second-order valence-electron chi connectivity index (χ2n) is 5.16. The number of halogens is 1. The summed E-state index contributed by atoms with van der Waals surface area (Å²) >= 11 is 3.33. The zero-order valence-electron chi connectivity index (χ0n) is 12.4. The Hall–Kier alpha value is -2.15. The molecule has 1 amide bonds. The van der Waals surface area contributed by atoms with E-state index in [4.69, 9.17) is 9.47 Å². The van der Waals surface area contributed by atoms with Crippen molar-refractivity contribution in [2.75, 3.05) is 19.7 Å². The van der Waals surface area contributed by atoms with Crippen LogP contribution in [0.1, 0.15) is 6.42 Å². The van der Waals surface area contributed by atoms with Gasteiger partial charge in [-0.25, -0.2) is 4.98 Å². The van der Waals surface area contributed by atoms with Gasteiger partial charge in [0.15, 0.2) is 6.61 Å². The van der Waals surface area contributed by atoms with E-state index in [1.807, 2.05) is 6.07 Å². The number of hydrogen-bond acceptors (Lipinski definition) is 5. The molecule has 23 heavy (non-hydrogen) atoms. The maximum absolute atomic E-state index is 12.2. The molecule has 2 aromatic rings. The van der Waals surface area contributed by atoms with Gasteiger partial charge >= 0.3 is 0 Å². The quantitative estimate of drug-likeness (QED) is 0.799. The van der Waals surface area contributed by atoms with Crippen LogP contribution in [0.4, 0.5) is 0 Å².